The van der Waals surface area contributed by atoms with E-state index < -0.39 is 6.04 Å². The highest BCUT2D eigenvalue weighted by atomic mass is 35.5. The molecule has 1 N–H and O–H groups in total. The fourth-order valence-corrected chi connectivity index (χ4v) is 2.83. The molecule has 2 amide bonds. The van der Waals surface area contributed by atoms with E-state index in [-0.39, 0.29) is 17.7 Å². The summed E-state index contributed by atoms with van der Waals surface area (Å²) in [6, 6.07) is 14.8. The number of hydrogen-bond donors (Lipinski definition) is 1. The van der Waals surface area contributed by atoms with E-state index in [9.17, 15) is 9.59 Å². The maximum absolute atomic E-state index is 12.7. The van der Waals surface area contributed by atoms with Gasteiger partial charge in [0.25, 0.3) is 0 Å². The molecule has 2 aromatic rings. The fourth-order valence-electron chi connectivity index (χ4n) is 2.71. The number of carbonyl (C=O) groups is 2. The molecule has 2 aromatic carbocycles. The number of nitrogens with zero attached hydrogens (tertiary/aromatic N) is 1. The fraction of sp³-hybridized carbons (Fsp3) is 0.364. The van der Waals surface area contributed by atoms with Crippen LogP contribution in [0.2, 0.25) is 5.02 Å². The van der Waals surface area contributed by atoms with E-state index in [1.54, 1.807) is 24.0 Å². The molecule has 4 nitrogen and oxygen atoms in total. The van der Waals surface area contributed by atoms with E-state index in [0.29, 0.717) is 18.1 Å². The van der Waals surface area contributed by atoms with Crippen molar-refractivity contribution in [3.05, 3.63) is 70.2 Å². The van der Waals surface area contributed by atoms with Crippen molar-refractivity contribution < 1.29 is 9.59 Å². The first-order chi connectivity index (χ1) is 12.8. The summed E-state index contributed by atoms with van der Waals surface area (Å²) in [5.41, 5.74) is 3.14. The molecular formula is C22H27ClN2O2. The Balaban J connectivity index is 2.08. The number of amides is 2. The summed E-state index contributed by atoms with van der Waals surface area (Å²) in [6.07, 6.45) is 0. The zero-order valence-electron chi connectivity index (χ0n) is 16.3. The molecular weight excluding hydrogens is 360 g/mol. The van der Waals surface area contributed by atoms with Crippen molar-refractivity contribution >= 4 is 23.4 Å². The molecule has 0 aliphatic heterocycles. The Hall–Kier alpha value is -2.33. The standard InChI is InChI=1S/C22H27ClN2O2/c1-15(2)22(27)25(14-19-9-11-20(23)12-10-19)17(4)21(26)24-13-18-7-5-16(3)6-8-18/h5-12,15,17H,13-14H2,1-4H3,(H,24,26)/t17-/m1/s1. The number of rotatable bonds is 7. The Kier molecular flexibility index (Phi) is 7.43. The molecule has 0 aliphatic rings. The molecule has 0 aliphatic carbocycles. The van der Waals surface area contributed by atoms with Gasteiger partial charge in [-0.05, 0) is 37.1 Å². The topological polar surface area (TPSA) is 49.4 Å². The van der Waals surface area contributed by atoms with Crippen molar-refractivity contribution in [2.75, 3.05) is 0 Å². The summed E-state index contributed by atoms with van der Waals surface area (Å²) in [5.74, 6) is -0.411. The van der Waals surface area contributed by atoms with Gasteiger partial charge in [0.15, 0.2) is 0 Å². The maximum atomic E-state index is 12.7. The van der Waals surface area contributed by atoms with Crippen molar-refractivity contribution in [1.82, 2.24) is 10.2 Å². The molecule has 5 heteroatoms. The van der Waals surface area contributed by atoms with Crippen LogP contribution in [0.3, 0.4) is 0 Å². The molecule has 0 spiro atoms. The summed E-state index contributed by atoms with van der Waals surface area (Å²) >= 11 is 5.94. The molecule has 0 bridgehead atoms. The minimum absolute atomic E-state index is 0.0528. The van der Waals surface area contributed by atoms with E-state index in [4.69, 9.17) is 11.6 Å². The normalized spacial score (nSPS) is 11.9. The van der Waals surface area contributed by atoms with E-state index >= 15 is 0 Å². The van der Waals surface area contributed by atoms with Gasteiger partial charge >= 0.3 is 0 Å². The third-order valence-electron chi connectivity index (χ3n) is 4.48. The minimum atomic E-state index is -0.568. The van der Waals surface area contributed by atoms with Crippen LogP contribution in [0.25, 0.3) is 0 Å². The van der Waals surface area contributed by atoms with Crippen LogP contribution in [0.15, 0.2) is 48.5 Å². The summed E-state index contributed by atoms with van der Waals surface area (Å²) < 4.78 is 0. The summed E-state index contributed by atoms with van der Waals surface area (Å²) in [4.78, 5) is 27.0. The van der Waals surface area contributed by atoms with E-state index in [1.165, 1.54) is 5.56 Å². The summed E-state index contributed by atoms with van der Waals surface area (Å²) in [5, 5.41) is 3.58. The van der Waals surface area contributed by atoms with Gasteiger partial charge < -0.3 is 10.2 Å². The number of aryl methyl sites for hydroxylation is 1. The number of carbonyl (C=O) groups excluding carboxylic acids is 2. The zero-order chi connectivity index (χ0) is 20.0. The second-order valence-electron chi connectivity index (χ2n) is 7.13. The van der Waals surface area contributed by atoms with Crippen molar-refractivity contribution in [3.63, 3.8) is 0 Å². The van der Waals surface area contributed by atoms with Crippen molar-refractivity contribution in [3.8, 4) is 0 Å². The molecule has 1 atom stereocenters. The number of halogens is 1. The lowest BCUT2D eigenvalue weighted by molar-refractivity contribution is -0.143. The maximum Gasteiger partial charge on any atom is 0.242 e. The zero-order valence-corrected chi connectivity index (χ0v) is 17.1. The molecule has 2 rings (SSSR count). The van der Waals surface area contributed by atoms with Gasteiger partial charge in [-0.3, -0.25) is 9.59 Å². The Morgan fingerprint density at radius 2 is 1.52 bits per heavy atom. The molecule has 0 heterocycles. The van der Waals surface area contributed by atoms with Crippen molar-refractivity contribution in [1.29, 1.82) is 0 Å². The minimum Gasteiger partial charge on any atom is -0.350 e. The Labute approximate surface area is 166 Å². The highest BCUT2D eigenvalue weighted by Crippen LogP contribution is 2.16. The van der Waals surface area contributed by atoms with E-state index in [1.807, 2.05) is 57.2 Å². The van der Waals surface area contributed by atoms with Crippen LogP contribution in [0.5, 0.6) is 0 Å². The van der Waals surface area contributed by atoms with Gasteiger partial charge in [-0.15, -0.1) is 0 Å². The van der Waals surface area contributed by atoms with Gasteiger partial charge in [-0.1, -0.05) is 67.4 Å². The third-order valence-corrected chi connectivity index (χ3v) is 4.73. The third kappa shape index (κ3) is 6.10. The quantitative estimate of drug-likeness (QED) is 0.769. The predicted molar refractivity (Wildman–Crippen MR) is 109 cm³/mol. The molecule has 0 unspecified atom stereocenters. The summed E-state index contributed by atoms with van der Waals surface area (Å²) in [7, 11) is 0. The van der Waals surface area contributed by atoms with Crippen molar-refractivity contribution in [2.45, 2.75) is 46.8 Å². The Bertz CT molecular complexity index is 770. The number of nitrogens with one attached hydrogen (secondary N) is 1. The average molecular weight is 387 g/mol. The lowest BCUT2D eigenvalue weighted by Gasteiger charge is -2.30. The smallest absolute Gasteiger partial charge is 0.242 e. The van der Waals surface area contributed by atoms with Crippen LogP contribution in [0.4, 0.5) is 0 Å². The molecule has 0 aromatic heterocycles. The SMILES string of the molecule is Cc1ccc(CNC(=O)[C@@H](C)N(Cc2ccc(Cl)cc2)C(=O)C(C)C)cc1. The molecule has 0 radical (unpaired) electrons. The number of hydrogen-bond acceptors (Lipinski definition) is 2. The van der Waals surface area contributed by atoms with E-state index in [2.05, 4.69) is 5.32 Å². The van der Waals surface area contributed by atoms with Gasteiger partial charge in [-0.25, -0.2) is 0 Å². The summed E-state index contributed by atoms with van der Waals surface area (Å²) in [6.45, 7) is 8.28. The van der Waals surface area contributed by atoms with Gasteiger partial charge in [0.2, 0.25) is 11.8 Å². The van der Waals surface area contributed by atoms with Gasteiger partial charge in [0, 0.05) is 24.0 Å². The van der Waals surface area contributed by atoms with Gasteiger partial charge in [0.1, 0.15) is 6.04 Å². The average Bonchev–Trinajstić information content (AvgIpc) is 2.65. The molecule has 144 valence electrons. The van der Waals surface area contributed by atoms with Gasteiger partial charge in [0.05, 0.1) is 0 Å². The first-order valence-electron chi connectivity index (χ1n) is 9.16. The highest BCUT2D eigenvalue weighted by Gasteiger charge is 2.27. The lowest BCUT2D eigenvalue weighted by Crippen LogP contribution is -2.48. The van der Waals surface area contributed by atoms with Crippen LogP contribution in [-0.4, -0.2) is 22.8 Å². The van der Waals surface area contributed by atoms with Crippen LogP contribution in [-0.2, 0) is 22.7 Å². The first-order valence-corrected chi connectivity index (χ1v) is 9.54. The first kappa shape index (κ1) is 21.0. The highest BCUT2D eigenvalue weighted by molar-refractivity contribution is 6.30. The molecule has 0 saturated heterocycles. The van der Waals surface area contributed by atoms with Crippen molar-refractivity contribution in [2.24, 2.45) is 5.92 Å². The second kappa shape index (κ2) is 9.56. The molecule has 0 saturated carbocycles. The Morgan fingerprint density at radius 1 is 0.963 bits per heavy atom. The monoisotopic (exact) mass is 386 g/mol. The van der Waals surface area contributed by atoms with Crippen LogP contribution >= 0.6 is 11.6 Å². The van der Waals surface area contributed by atoms with E-state index in [0.717, 1.165) is 11.1 Å². The predicted octanol–water partition coefficient (Wildman–Crippen LogP) is 4.34. The van der Waals surface area contributed by atoms with Crippen LogP contribution in [0.1, 0.15) is 37.5 Å². The largest absolute Gasteiger partial charge is 0.350 e. The number of benzene rings is 2. The van der Waals surface area contributed by atoms with Crippen LogP contribution < -0.4 is 5.32 Å². The lowest BCUT2D eigenvalue weighted by atomic mass is 10.1. The van der Waals surface area contributed by atoms with Gasteiger partial charge in [-0.2, -0.15) is 0 Å². The Morgan fingerprint density at radius 3 is 2.07 bits per heavy atom. The second-order valence-corrected chi connectivity index (χ2v) is 7.56. The molecule has 0 fully saturated rings. The molecule has 27 heavy (non-hydrogen) atoms. The van der Waals surface area contributed by atoms with Crippen LogP contribution in [0, 0.1) is 12.8 Å².